The Morgan fingerprint density at radius 1 is 1.42 bits per heavy atom. The molecule has 1 N–H and O–H groups in total. The van der Waals surface area contributed by atoms with Crippen molar-refractivity contribution in [2.24, 2.45) is 5.92 Å². The Morgan fingerprint density at radius 2 is 2.23 bits per heavy atom. The number of rotatable bonds is 5. The molecule has 0 aromatic carbocycles. The second kappa shape index (κ2) is 7.99. The zero-order valence-electron chi connectivity index (χ0n) is 15.3. The molecular weight excluding hydrogens is 352 g/mol. The van der Waals surface area contributed by atoms with Crippen molar-refractivity contribution in [2.75, 3.05) is 13.1 Å². The van der Waals surface area contributed by atoms with Crippen LogP contribution >= 0.6 is 11.3 Å². The molecule has 3 rings (SSSR count). The minimum atomic E-state index is -0.174. The van der Waals surface area contributed by atoms with E-state index in [4.69, 9.17) is 4.52 Å². The average Bonchev–Trinajstić information content (AvgIpc) is 3.30. The molecule has 2 atom stereocenters. The maximum absolute atomic E-state index is 12.8. The van der Waals surface area contributed by atoms with Gasteiger partial charge in [-0.3, -0.25) is 9.59 Å². The van der Waals surface area contributed by atoms with Gasteiger partial charge in [0.05, 0.1) is 6.04 Å². The smallest absolute Gasteiger partial charge is 0.276 e. The molecule has 2 amide bonds. The number of hydrogen-bond acceptors (Lipinski definition) is 6. The Labute approximate surface area is 156 Å². The predicted octanol–water partition coefficient (Wildman–Crippen LogP) is 2.98. The molecule has 2 aromatic rings. The van der Waals surface area contributed by atoms with E-state index in [2.05, 4.69) is 15.5 Å². The molecule has 1 saturated heterocycles. The predicted molar refractivity (Wildman–Crippen MR) is 97.9 cm³/mol. The summed E-state index contributed by atoms with van der Waals surface area (Å²) in [6.45, 7) is 6.75. The lowest BCUT2D eigenvalue weighted by atomic mass is 9.90. The van der Waals surface area contributed by atoms with Crippen LogP contribution in [0.5, 0.6) is 0 Å². The number of hydrogen-bond donors (Lipinski definition) is 1. The summed E-state index contributed by atoms with van der Waals surface area (Å²) in [7, 11) is 0. The largest absolute Gasteiger partial charge is 0.360 e. The number of nitrogens with one attached hydrogen (secondary N) is 1. The van der Waals surface area contributed by atoms with Gasteiger partial charge in [0.2, 0.25) is 5.91 Å². The Morgan fingerprint density at radius 3 is 2.85 bits per heavy atom. The van der Waals surface area contributed by atoms with Crippen molar-refractivity contribution in [1.82, 2.24) is 20.4 Å². The van der Waals surface area contributed by atoms with Gasteiger partial charge >= 0.3 is 0 Å². The monoisotopic (exact) mass is 376 g/mol. The summed E-state index contributed by atoms with van der Waals surface area (Å²) in [5.74, 6) is 0.810. The maximum Gasteiger partial charge on any atom is 0.276 e. The third kappa shape index (κ3) is 4.12. The highest BCUT2D eigenvalue weighted by molar-refractivity contribution is 7.09. The molecule has 0 saturated carbocycles. The maximum atomic E-state index is 12.8. The van der Waals surface area contributed by atoms with Gasteiger partial charge in [-0.25, -0.2) is 4.98 Å². The first-order valence-corrected chi connectivity index (χ1v) is 9.76. The van der Waals surface area contributed by atoms with E-state index in [1.807, 2.05) is 19.2 Å². The number of carbonyl (C=O) groups is 2. The molecule has 2 aromatic heterocycles. The number of nitrogens with zero attached hydrogens (tertiary/aromatic N) is 3. The lowest BCUT2D eigenvalue weighted by Crippen LogP contribution is -2.45. The van der Waals surface area contributed by atoms with Crippen molar-refractivity contribution >= 4 is 23.2 Å². The Hall–Kier alpha value is -2.22. The van der Waals surface area contributed by atoms with Crippen molar-refractivity contribution in [2.45, 2.75) is 45.6 Å². The minimum absolute atomic E-state index is 0.0910. The molecule has 1 aliphatic rings. The molecule has 140 valence electrons. The number of carbonyl (C=O) groups excluding carboxylic acids is 2. The summed E-state index contributed by atoms with van der Waals surface area (Å²) in [6.07, 6.45) is 3.56. The quantitative estimate of drug-likeness (QED) is 0.867. The van der Waals surface area contributed by atoms with Crippen molar-refractivity contribution < 1.29 is 14.1 Å². The number of piperidine rings is 1. The van der Waals surface area contributed by atoms with Gasteiger partial charge in [0, 0.05) is 49.5 Å². The zero-order chi connectivity index (χ0) is 18.7. The van der Waals surface area contributed by atoms with Gasteiger partial charge in [0.1, 0.15) is 10.8 Å². The van der Waals surface area contributed by atoms with E-state index >= 15 is 0 Å². The highest BCUT2D eigenvalue weighted by Gasteiger charge is 2.33. The number of thiazole rings is 1. The highest BCUT2D eigenvalue weighted by atomic mass is 32.1. The molecular formula is C18H24N4O3S. The first kappa shape index (κ1) is 18.6. The molecule has 26 heavy (non-hydrogen) atoms. The molecule has 1 aliphatic heterocycles. The van der Waals surface area contributed by atoms with Crippen LogP contribution in [0.15, 0.2) is 22.2 Å². The summed E-state index contributed by atoms with van der Waals surface area (Å²) in [6, 6.07) is 1.55. The first-order chi connectivity index (χ1) is 12.5. The lowest BCUT2D eigenvalue weighted by molar-refractivity contribution is -0.120. The van der Waals surface area contributed by atoms with Gasteiger partial charge in [-0.05, 0) is 12.8 Å². The van der Waals surface area contributed by atoms with Crippen LogP contribution in [0.1, 0.15) is 66.8 Å². The molecule has 1 fully saturated rings. The van der Waals surface area contributed by atoms with Crippen molar-refractivity contribution in [3.05, 3.63) is 34.1 Å². The first-order valence-electron chi connectivity index (χ1n) is 8.88. The third-order valence-electron chi connectivity index (χ3n) is 4.61. The van der Waals surface area contributed by atoms with Crippen molar-refractivity contribution in [3.8, 4) is 0 Å². The highest BCUT2D eigenvalue weighted by Crippen LogP contribution is 2.31. The summed E-state index contributed by atoms with van der Waals surface area (Å²) in [5.41, 5.74) is 0.347. The van der Waals surface area contributed by atoms with E-state index in [0.29, 0.717) is 24.5 Å². The summed E-state index contributed by atoms with van der Waals surface area (Å²) < 4.78 is 5.26. The summed E-state index contributed by atoms with van der Waals surface area (Å²) >= 11 is 1.52. The van der Waals surface area contributed by atoms with Crippen molar-refractivity contribution in [1.29, 1.82) is 0 Å². The molecule has 0 radical (unpaired) electrons. The van der Waals surface area contributed by atoms with Crippen molar-refractivity contribution in [3.63, 3.8) is 0 Å². The van der Waals surface area contributed by atoms with E-state index in [9.17, 15) is 9.59 Å². The Kier molecular flexibility index (Phi) is 5.70. The van der Waals surface area contributed by atoms with E-state index in [0.717, 1.165) is 17.8 Å². The Bertz CT molecular complexity index is 756. The molecule has 7 nitrogen and oxygen atoms in total. The fraction of sp³-hybridized carbons (Fsp3) is 0.556. The third-order valence-corrected chi connectivity index (χ3v) is 5.47. The summed E-state index contributed by atoms with van der Waals surface area (Å²) in [5, 5.41) is 9.72. The molecule has 0 bridgehead atoms. The van der Waals surface area contributed by atoms with E-state index in [1.54, 1.807) is 17.2 Å². The molecule has 2 unspecified atom stereocenters. The fourth-order valence-corrected chi connectivity index (χ4v) is 4.06. The van der Waals surface area contributed by atoms with Crippen LogP contribution in [0, 0.1) is 5.92 Å². The van der Waals surface area contributed by atoms with Crippen LogP contribution in [0.2, 0.25) is 0 Å². The minimum Gasteiger partial charge on any atom is -0.360 e. The topological polar surface area (TPSA) is 88.3 Å². The Balaban J connectivity index is 1.74. The molecule has 0 aliphatic carbocycles. The van der Waals surface area contributed by atoms with Gasteiger partial charge in [-0.1, -0.05) is 19.0 Å². The van der Waals surface area contributed by atoms with E-state index in [-0.39, 0.29) is 29.7 Å². The zero-order valence-corrected chi connectivity index (χ0v) is 16.1. The van der Waals surface area contributed by atoms with Crippen LogP contribution in [0.25, 0.3) is 0 Å². The second-order valence-electron chi connectivity index (χ2n) is 6.97. The average molecular weight is 376 g/mol. The number of likely N-dealkylation sites (tertiary alicyclic amines) is 1. The molecule has 0 spiro atoms. The number of amides is 2. The molecule has 8 heteroatoms. The van der Waals surface area contributed by atoms with Gasteiger partial charge in [0.25, 0.3) is 5.91 Å². The molecule has 3 heterocycles. The second-order valence-corrected chi connectivity index (χ2v) is 7.90. The van der Waals surface area contributed by atoms with Crippen LogP contribution in [0.3, 0.4) is 0 Å². The SMILES string of the molecule is CC(=O)NC(c1nccs1)C1CCCN(C(=O)c2cc(C(C)C)on2)C1. The van der Waals surface area contributed by atoms with Gasteiger partial charge < -0.3 is 14.7 Å². The number of aromatic nitrogens is 2. The van der Waals surface area contributed by atoms with Crippen LogP contribution < -0.4 is 5.32 Å². The van der Waals surface area contributed by atoms with Crippen LogP contribution in [-0.4, -0.2) is 39.9 Å². The normalized spacial score (nSPS) is 18.8. The van der Waals surface area contributed by atoms with Crippen LogP contribution in [0.4, 0.5) is 0 Å². The fourth-order valence-electron chi connectivity index (χ4n) is 3.28. The standard InChI is InChI=1S/C18H24N4O3S/c1-11(2)15-9-14(21-25-15)18(24)22-7-4-5-13(10-22)16(20-12(3)23)17-19-6-8-26-17/h6,8-9,11,13,16H,4-5,7,10H2,1-3H3,(H,20,23). The lowest BCUT2D eigenvalue weighted by Gasteiger charge is -2.36. The van der Waals surface area contributed by atoms with Crippen LogP contribution in [-0.2, 0) is 4.79 Å². The van der Waals surface area contributed by atoms with Gasteiger partial charge in [-0.2, -0.15) is 0 Å². The van der Waals surface area contributed by atoms with Gasteiger partial charge in [0.15, 0.2) is 5.69 Å². The van der Waals surface area contributed by atoms with Gasteiger partial charge in [-0.15, -0.1) is 11.3 Å². The van der Waals surface area contributed by atoms with E-state index < -0.39 is 0 Å². The summed E-state index contributed by atoms with van der Waals surface area (Å²) in [4.78, 5) is 30.6. The van der Waals surface area contributed by atoms with E-state index in [1.165, 1.54) is 18.3 Å².